The van der Waals surface area contributed by atoms with Crippen molar-refractivity contribution in [3.8, 4) is 11.5 Å². The first kappa shape index (κ1) is 15.2. The second-order valence-electron chi connectivity index (χ2n) is 5.35. The number of hydrogen-bond acceptors (Lipinski definition) is 3. The number of anilines is 1. The van der Waals surface area contributed by atoms with E-state index in [0.717, 1.165) is 34.7 Å². The number of ether oxygens (including phenoxy) is 2. The summed E-state index contributed by atoms with van der Waals surface area (Å²) in [6.45, 7) is 2.10. The molecule has 0 saturated carbocycles. The molecule has 0 aromatic heterocycles. The average Bonchev–Trinajstić information content (AvgIpc) is 2.89. The predicted octanol–water partition coefficient (Wildman–Crippen LogP) is 3.76. The number of fused-ring (bicyclic) bond motifs is 1. The molecule has 1 heterocycles. The van der Waals surface area contributed by atoms with Gasteiger partial charge in [0.15, 0.2) is 0 Å². The minimum absolute atomic E-state index is 0.114. The molecule has 0 spiro atoms. The molecular weight excluding hydrogens is 290 g/mol. The Morgan fingerprint density at radius 3 is 2.61 bits per heavy atom. The zero-order valence-corrected chi connectivity index (χ0v) is 13.5. The van der Waals surface area contributed by atoms with E-state index in [4.69, 9.17) is 9.47 Å². The van der Waals surface area contributed by atoms with Gasteiger partial charge in [0.1, 0.15) is 11.5 Å². The number of nitrogens with one attached hydrogen (secondary N) is 1. The Morgan fingerprint density at radius 2 is 1.91 bits per heavy atom. The molecule has 0 aliphatic carbocycles. The molecule has 23 heavy (non-hydrogen) atoms. The summed E-state index contributed by atoms with van der Waals surface area (Å²) in [5.41, 5.74) is 4.35. The highest BCUT2D eigenvalue weighted by Gasteiger charge is 2.25. The van der Waals surface area contributed by atoms with Crippen molar-refractivity contribution >= 4 is 23.2 Å². The van der Waals surface area contributed by atoms with Crippen LogP contribution in [0.15, 0.2) is 36.4 Å². The lowest BCUT2D eigenvalue weighted by Gasteiger charge is -2.08. The molecule has 4 nitrogen and oxygen atoms in total. The minimum Gasteiger partial charge on any atom is -0.497 e. The fourth-order valence-electron chi connectivity index (χ4n) is 2.71. The summed E-state index contributed by atoms with van der Waals surface area (Å²) in [5, 5.41) is 2.88. The quantitative estimate of drug-likeness (QED) is 0.875. The molecule has 0 unspecified atom stereocenters. The van der Waals surface area contributed by atoms with Crippen LogP contribution in [0, 0.1) is 0 Å². The molecule has 4 heteroatoms. The Labute approximate surface area is 135 Å². The van der Waals surface area contributed by atoms with Gasteiger partial charge in [-0.25, -0.2) is 0 Å². The number of carbonyl (C=O) groups is 1. The van der Waals surface area contributed by atoms with Gasteiger partial charge in [-0.2, -0.15) is 0 Å². The molecule has 0 radical (unpaired) electrons. The van der Waals surface area contributed by atoms with Gasteiger partial charge in [0, 0.05) is 22.4 Å². The number of methoxy groups -OCH3 is 2. The van der Waals surface area contributed by atoms with Gasteiger partial charge in [-0.1, -0.05) is 13.0 Å². The fraction of sp³-hybridized carbons (Fsp3) is 0.211. The molecule has 0 fully saturated rings. The summed E-state index contributed by atoms with van der Waals surface area (Å²) >= 11 is 0. The van der Waals surface area contributed by atoms with E-state index in [0.29, 0.717) is 5.57 Å². The molecule has 1 aliphatic rings. The second-order valence-corrected chi connectivity index (χ2v) is 5.35. The molecule has 1 amide bonds. The number of rotatable bonds is 4. The molecule has 1 N–H and O–H groups in total. The van der Waals surface area contributed by atoms with E-state index in [2.05, 4.69) is 18.3 Å². The zero-order chi connectivity index (χ0) is 16.4. The Bertz CT molecular complexity index is 793. The highest BCUT2D eigenvalue weighted by molar-refractivity contribution is 6.35. The van der Waals surface area contributed by atoms with Crippen LogP contribution < -0.4 is 14.8 Å². The zero-order valence-electron chi connectivity index (χ0n) is 13.5. The third-order valence-corrected chi connectivity index (χ3v) is 4.01. The summed E-state index contributed by atoms with van der Waals surface area (Å²) < 4.78 is 10.7. The first-order valence-electron chi connectivity index (χ1n) is 7.54. The molecule has 0 saturated heterocycles. The first-order chi connectivity index (χ1) is 11.2. The van der Waals surface area contributed by atoms with E-state index in [1.165, 1.54) is 5.56 Å². The van der Waals surface area contributed by atoms with Crippen molar-refractivity contribution in [1.82, 2.24) is 0 Å². The lowest BCUT2D eigenvalue weighted by molar-refractivity contribution is -0.110. The monoisotopic (exact) mass is 309 g/mol. The van der Waals surface area contributed by atoms with Crippen molar-refractivity contribution in [1.29, 1.82) is 0 Å². The Kier molecular flexibility index (Phi) is 4.06. The highest BCUT2D eigenvalue weighted by atomic mass is 16.5. The van der Waals surface area contributed by atoms with Crippen LogP contribution in [0.25, 0.3) is 11.6 Å². The molecular formula is C19H19NO3. The number of aryl methyl sites for hydroxylation is 1. The van der Waals surface area contributed by atoms with E-state index in [9.17, 15) is 4.79 Å². The van der Waals surface area contributed by atoms with E-state index in [1.54, 1.807) is 14.2 Å². The van der Waals surface area contributed by atoms with E-state index in [-0.39, 0.29) is 5.91 Å². The van der Waals surface area contributed by atoms with E-state index in [1.807, 2.05) is 36.4 Å². The molecule has 0 atom stereocenters. The second kappa shape index (κ2) is 6.16. The summed E-state index contributed by atoms with van der Waals surface area (Å²) in [4.78, 5) is 12.3. The van der Waals surface area contributed by atoms with Gasteiger partial charge in [0.2, 0.25) is 0 Å². The Balaban J connectivity index is 2.12. The van der Waals surface area contributed by atoms with Crippen LogP contribution in [-0.4, -0.2) is 20.1 Å². The van der Waals surface area contributed by atoms with Crippen LogP contribution >= 0.6 is 0 Å². The standard InChI is InChI=1S/C19H19NO3/c1-4-12-5-8-18(23-3)13(9-12)10-16-15-11-14(22-2)6-7-17(15)20-19(16)21/h5-11H,4H2,1-3H3,(H,20,21)/b16-10+. The van der Waals surface area contributed by atoms with Gasteiger partial charge >= 0.3 is 0 Å². The molecule has 2 aromatic carbocycles. The topological polar surface area (TPSA) is 47.6 Å². The Hall–Kier alpha value is -2.75. The van der Waals surface area contributed by atoms with Crippen molar-refractivity contribution < 1.29 is 14.3 Å². The van der Waals surface area contributed by atoms with Crippen LogP contribution in [0.5, 0.6) is 11.5 Å². The lowest BCUT2D eigenvalue weighted by Crippen LogP contribution is -2.03. The smallest absolute Gasteiger partial charge is 0.256 e. The highest BCUT2D eigenvalue weighted by Crippen LogP contribution is 2.36. The summed E-state index contributed by atoms with van der Waals surface area (Å²) in [6, 6.07) is 11.6. The van der Waals surface area contributed by atoms with Gasteiger partial charge in [0.25, 0.3) is 5.91 Å². The molecule has 1 aliphatic heterocycles. The van der Waals surface area contributed by atoms with Gasteiger partial charge in [-0.15, -0.1) is 0 Å². The summed E-state index contributed by atoms with van der Waals surface area (Å²) in [5.74, 6) is 1.36. The van der Waals surface area contributed by atoms with Crippen LogP contribution in [0.3, 0.4) is 0 Å². The average molecular weight is 309 g/mol. The molecule has 3 rings (SSSR count). The van der Waals surface area contributed by atoms with Crippen molar-refractivity contribution in [3.05, 3.63) is 53.1 Å². The number of amides is 1. The van der Waals surface area contributed by atoms with E-state index < -0.39 is 0 Å². The minimum atomic E-state index is -0.114. The SMILES string of the molecule is CCc1ccc(OC)c(/C=C2/C(=O)Nc3ccc(OC)cc32)c1. The predicted molar refractivity (Wildman–Crippen MR) is 91.9 cm³/mol. The van der Waals surface area contributed by atoms with Crippen molar-refractivity contribution in [2.45, 2.75) is 13.3 Å². The van der Waals surface area contributed by atoms with Crippen LogP contribution in [0.4, 0.5) is 5.69 Å². The number of hydrogen-bond donors (Lipinski definition) is 1. The van der Waals surface area contributed by atoms with Crippen LogP contribution in [-0.2, 0) is 11.2 Å². The number of benzene rings is 2. The van der Waals surface area contributed by atoms with Crippen LogP contribution in [0.1, 0.15) is 23.6 Å². The maximum absolute atomic E-state index is 12.3. The van der Waals surface area contributed by atoms with Crippen molar-refractivity contribution in [3.63, 3.8) is 0 Å². The van der Waals surface area contributed by atoms with Crippen molar-refractivity contribution in [2.75, 3.05) is 19.5 Å². The normalized spacial score (nSPS) is 14.6. The van der Waals surface area contributed by atoms with Gasteiger partial charge in [-0.05, 0) is 48.4 Å². The number of carbonyl (C=O) groups excluding carboxylic acids is 1. The third-order valence-electron chi connectivity index (χ3n) is 4.01. The molecule has 118 valence electrons. The maximum Gasteiger partial charge on any atom is 0.256 e. The lowest BCUT2D eigenvalue weighted by atomic mass is 10.0. The molecule has 2 aromatic rings. The summed E-state index contributed by atoms with van der Waals surface area (Å²) in [7, 11) is 3.25. The fourth-order valence-corrected chi connectivity index (χ4v) is 2.71. The van der Waals surface area contributed by atoms with E-state index >= 15 is 0 Å². The first-order valence-corrected chi connectivity index (χ1v) is 7.54. The van der Waals surface area contributed by atoms with Crippen LogP contribution in [0.2, 0.25) is 0 Å². The van der Waals surface area contributed by atoms with Gasteiger partial charge in [0.05, 0.1) is 14.2 Å². The maximum atomic E-state index is 12.3. The Morgan fingerprint density at radius 1 is 1.09 bits per heavy atom. The summed E-state index contributed by atoms with van der Waals surface area (Å²) in [6.07, 6.45) is 2.80. The van der Waals surface area contributed by atoms with Gasteiger partial charge < -0.3 is 14.8 Å². The molecule has 0 bridgehead atoms. The largest absolute Gasteiger partial charge is 0.497 e. The third kappa shape index (κ3) is 2.80. The van der Waals surface area contributed by atoms with Gasteiger partial charge in [-0.3, -0.25) is 4.79 Å². The van der Waals surface area contributed by atoms with Crippen molar-refractivity contribution in [2.24, 2.45) is 0 Å².